The van der Waals surface area contributed by atoms with Gasteiger partial charge in [-0.25, -0.2) is 0 Å². The van der Waals surface area contributed by atoms with Crippen molar-refractivity contribution >= 4 is 11.7 Å². The topological polar surface area (TPSA) is 110 Å². The van der Waals surface area contributed by atoms with Crippen LogP contribution in [0.2, 0.25) is 0 Å². The molecule has 0 aliphatic rings. The summed E-state index contributed by atoms with van der Waals surface area (Å²) in [6, 6.07) is 3.51. The lowest BCUT2D eigenvalue weighted by molar-refractivity contribution is -0.138. The molecular formula is C9H12N2O3. The van der Waals surface area contributed by atoms with Crippen LogP contribution in [0.1, 0.15) is 5.56 Å². The van der Waals surface area contributed by atoms with E-state index in [1.165, 1.54) is 6.07 Å². The lowest BCUT2D eigenvalue weighted by Gasteiger charge is -2.08. The minimum atomic E-state index is -1.10. The van der Waals surface area contributed by atoms with Crippen molar-refractivity contribution in [1.82, 2.24) is 0 Å². The molecule has 5 heteroatoms. The Bertz CT molecular complexity index is 352. The Balaban J connectivity index is 2.82. The number of rotatable bonds is 3. The molecule has 0 amide bonds. The first-order valence-corrected chi connectivity index (χ1v) is 4.06. The Morgan fingerprint density at radius 1 is 1.50 bits per heavy atom. The van der Waals surface area contributed by atoms with Crippen molar-refractivity contribution in [2.75, 3.05) is 5.73 Å². The monoisotopic (exact) mass is 196 g/mol. The molecule has 0 spiro atoms. The van der Waals surface area contributed by atoms with Crippen LogP contribution in [0, 0.1) is 0 Å². The Morgan fingerprint density at radius 3 is 2.64 bits per heavy atom. The first kappa shape index (κ1) is 10.3. The molecule has 0 radical (unpaired) electrons. The van der Waals surface area contributed by atoms with Crippen LogP contribution in [0.4, 0.5) is 5.69 Å². The van der Waals surface area contributed by atoms with Gasteiger partial charge >= 0.3 is 5.97 Å². The summed E-state index contributed by atoms with van der Waals surface area (Å²) in [5.74, 6) is -1.12. The average molecular weight is 196 g/mol. The van der Waals surface area contributed by atoms with Crippen molar-refractivity contribution in [3.05, 3.63) is 23.8 Å². The van der Waals surface area contributed by atoms with E-state index >= 15 is 0 Å². The molecule has 0 aliphatic carbocycles. The molecule has 0 heterocycles. The number of aliphatic carboxylic acids is 1. The first-order valence-electron chi connectivity index (χ1n) is 4.06. The van der Waals surface area contributed by atoms with Crippen LogP contribution in [0.3, 0.4) is 0 Å². The molecule has 0 fully saturated rings. The summed E-state index contributed by atoms with van der Waals surface area (Å²) < 4.78 is 0. The molecule has 14 heavy (non-hydrogen) atoms. The Morgan fingerprint density at radius 2 is 2.14 bits per heavy atom. The lowest BCUT2D eigenvalue weighted by Crippen LogP contribution is -2.32. The molecule has 0 aliphatic heterocycles. The second-order valence-electron chi connectivity index (χ2n) is 3.04. The van der Waals surface area contributed by atoms with E-state index in [2.05, 4.69) is 0 Å². The van der Waals surface area contributed by atoms with Crippen molar-refractivity contribution in [3.63, 3.8) is 0 Å². The summed E-state index contributed by atoms with van der Waals surface area (Å²) >= 11 is 0. The molecule has 1 aromatic carbocycles. The van der Waals surface area contributed by atoms with Gasteiger partial charge in [0.1, 0.15) is 11.8 Å². The van der Waals surface area contributed by atoms with Gasteiger partial charge in [0.25, 0.3) is 0 Å². The molecule has 6 N–H and O–H groups in total. The maximum Gasteiger partial charge on any atom is 0.320 e. The number of anilines is 1. The molecule has 5 nitrogen and oxygen atoms in total. The molecule has 1 rings (SSSR count). The smallest absolute Gasteiger partial charge is 0.320 e. The largest absolute Gasteiger partial charge is 0.508 e. The highest BCUT2D eigenvalue weighted by Crippen LogP contribution is 2.20. The van der Waals surface area contributed by atoms with E-state index in [0.717, 1.165) is 0 Å². The van der Waals surface area contributed by atoms with Crippen molar-refractivity contribution in [1.29, 1.82) is 0 Å². The first-order chi connectivity index (χ1) is 6.50. The fraction of sp³-hybridized carbons (Fsp3) is 0.222. The van der Waals surface area contributed by atoms with Gasteiger partial charge in [-0.15, -0.1) is 0 Å². The van der Waals surface area contributed by atoms with Gasteiger partial charge in [-0.2, -0.15) is 0 Å². The van der Waals surface area contributed by atoms with E-state index in [1.54, 1.807) is 12.1 Å². The third-order valence-electron chi connectivity index (χ3n) is 1.87. The summed E-state index contributed by atoms with van der Waals surface area (Å²) in [7, 11) is 0. The number of carbonyl (C=O) groups is 1. The summed E-state index contributed by atoms with van der Waals surface area (Å²) in [6.45, 7) is 0. The molecule has 0 saturated carbocycles. The van der Waals surface area contributed by atoms with Crippen LogP contribution in [-0.4, -0.2) is 22.2 Å². The van der Waals surface area contributed by atoms with Crippen molar-refractivity contribution < 1.29 is 15.0 Å². The standard InChI is InChI=1S/C9H12N2O3/c10-6-2-1-5(8(12)4-6)3-7(11)9(13)14/h1-2,4,7,12H,3,10-11H2,(H,13,14). The second-order valence-corrected chi connectivity index (χ2v) is 3.04. The summed E-state index contributed by atoms with van der Waals surface area (Å²) in [5, 5.41) is 18.0. The average Bonchev–Trinajstić information content (AvgIpc) is 2.09. The van der Waals surface area contributed by atoms with E-state index < -0.39 is 12.0 Å². The van der Waals surface area contributed by atoms with Gasteiger partial charge in [0.2, 0.25) is 0 Å². The summed E-state index contributed by atoms with van der Waals surface area (Å²) in [5.41, 5.74) is 11.6. The fourth-order valence-corrected chi connectivity index (χ4v) is 1.08. The zero-order valence-electron chi connectivity index (χ0n) is 7.47. The van der Waals surface area contributed by atoms with E-state index in [1.807, 2.05) is 0 Å². The molecule has 76 valence electrons. The van der Waals surface area contributed by atoms with Gasteiger partial charge < -0.3 is 21.7 Å². The number of hydrogen-bond donors (Lipinski definition) is 4. The van der Waals surface area contributed by atoms with Crippen LogP contribution < -0.4 is 11.5 Å². The summed E-state index contributed by atoms with van der Waals surface area (Å²) in [6.07, 6.45) is 0.0848. The number of phenolic OH excluding ortho intramolecular Hbond substituents is 1. The predicted molar refractivity (Wildman–Crippen MR) is 51.8 cm³/mol. The van der Waals surface area contributed by atoms with Crippen molar-refractivity contribution in [2.24, 2.45) is 5.73 Å². The van der Waals surface area contributed by atoms with Gasteiger partial charge in [0, 0.05) is 18.2 Å². The maximum atomic E-state index is 10.5. The van der Waals surface area contributed by atoms with Gasteiger partial charge in [-0.3, -0.25) is 4.79 Å². The van der Waals surface area contributed by atoms with Gasteiger partial charge in [-0.05, 0) is 11.6 Å². The number of carboxylic acids is 1. The van der Waals surface area contributed by atoms with Crippen LogP contribution in [0.25, 0.3) is 0 Å². The minimum Gasteiger partial charge on any atom is -0.508 e. The molecule has 1 atom stereocenters. The van der Waals surface area contributed by atoms with E-state index in [0.29, 0.717) is 11.3 Å². The highest BCUT2D eigenvalue weighted by molar-refractivity contribution is 5.73. The van der Waals surface area contributed by atoms with Crippen LogP contribution >= 0.6 is 0 Å². The quantitative estimate of drug-likeness (QED) is 0.506. The minimum absolute atomic E-state index is 0.0262. The van der Waals surface area contributed by atoms with Gasteiger partial charge in [0.15, 0.2) is 0 Å². The fourth-order valence-electron chi connectivity index (χ4n) is 1.08. The third-order valence-corrected chi connectivity index (χ3v) is 1.87. The number of carboxylic acid groups (broad SMARTS) is 1. The van der Waals surface area contributed by atoms with Gasteiger partial charge in [-0.1, -0.05) is 6.07 Å². The molecule has 0 aromatic heterocycles. The number of hydrogen-bond acceptors (Lipinski definition) is 4. The number of benzene rings is 1. The van der Waals surface area contributed by atoms with Crippen LogP contribution in [-0.2, 0) is 11.2 Å². The number of nitrogens with two attached hydrogens (primary N) is 2. The third kappa shape index (κ3) is 2.37. The number of aromatic hydroxyl groups is 1. The lowest BCUT2D eigenvalue weighted by atomic mass is 10.1. The van der Waals surface area contributed by atoms with E-state index in [9.17, 15) is 9.90 Å². The molecular weight excluding hydrogens is 184 g/mol. The SMILES string of the molecule is Nc1ccc(CC(N)C(=O)O)c(O)c1. The Hall–Kier alpha value is -1.75. The van der Waals surface area contributed by atoms with Crippen LogP contribution in [0.5, 0.6) is 5.75 Å². The highest BCUT2D eigenvalue weighted by Gasteiger charge is 2.14. The molecule has 0 saturated heterocycles. The van der Waals surface area contributed by atoms with E-state index in [-0.39, 0.29) is 12.2 Å². The van der Waals surface area contributed by atoms with Crippen molar-refractivity contribution in [3.8, 4) is 5.75 Å². The Kier molecular flexibility index (Phi) is 2.93. The normalized spacial score (nSPS) is 12.4. The zero-order chi connectivity index (χ0) is 10.7. The molecule has 1 unspecified atom stereocenters. The zero-order valence-corrected chi connectivity index (χ0v) is 7.47. The number of phenols is 1. The van der Waals surface area contributed by atoms with Crippen molar-refractivity contribution in [2.45, 2.75) is 12.5 Å². The Labute approximate surface area is 81.0 Å². The van der Waals surface area contributed by atoms with Gasteiger partial charge in [0.05, 0.1) is 0 Å². The second kappa shape index (κ2) is 3.97. The molecule has 0 bridgehead atoms. The highest BCUT2D eigenvalue weighted by atomic mass is 16.4. The van der Waals surface area contributed by atoms with Crippen LogP contribution in [0.15, 0.2) is 18.2 Å². The van der Waals surface area contributed by atoms with E-state index in [4.69, 9.17) is 16.6 Å². The summed E-state index contributed by atoms with van der Waals surface area (Å²) in [4.78, 5) is 10.5. The number of nitrogen functional groups attached to an aromatic ring is 1. The maximum absolute atomic E-state index is 10.5. The predicted octanol–water partition coefficient (Wildman–Crippen LogP) is -0.0712. The molecule has 1 aromatic rings.